The Labute approximate surface area is 239 Å². The smallest absolute Gasteiger partial charge is 0.306 e. The number of phenolic OH excluding ortho intramolecular Hbond substituents is 1. The Kier molecular flexibility index (Phi) is 16.0. The molecule has 7 heteroatoms. The molecule has 0 aliphatic heterocycles. The first-order chi connectivity index (χ1) is 18.9. The van der Waals surface area contributed by atoms with E-state index in [0.717, 1.165) is 22.4 Å². The number of aromatic hydroxyl groups is 1. The molecule has 0 unspecified atom stereocenters. The summed E-state index contributed by atoms with van der Waals surface area (Å²) < 4.78 is 15.2. The monoisotopic (exact) mass is 541 g/mol. The van der Waals surface area contributed by atoms with Gasteiger partial charge in [0.15, 0.2) is 0 Å². The highest BCUT2D eigenvalue weighted by Gasteiger charge is 2.14. The Morgan fingerprint density at radius 1 is 0.725 bits per heavy atom. The third kappa shape index (κ3) is 12.1. The van der Waals surface area contributed by atoms with Gasteiger partial charge in [-0.1, -0.05) is 78.9 Å². The molecule has 3 aromatic carbocycles. The molecule has 0 fully saturated rings. The number of carbonyl (C=O) groups excluding carboxylic acids is 2. The van der Waals surface area contributed by atoms with Gasteiger partial charge in [0, 0.05) is 20.2 Å². The molecule has 0 heterocycles. The number of esters is 2. The second-order valence-corrected chi connectivity index (χ2v) is 8.76. The lowest BCUT2D eigenvalue weighted by Gasteiger charge is -2.13. The van der Waals surface area contributed by atoms with Crippen LogP contribution in [0.4, 0.5) is 0 Å². The molecular formula is C33H38BO6. The Bertz CT molecular complexity index is 1190. The van der Waals surface area contributed by atoms with Gasteiger partial charge in [0.2, 0.25) is 0 Å². The zero-order valence-corrected chi connectivity index (χ0v) is 23.7. The predicted molar refractivity (Wildman–Crippen MR) is 159 cm³/mol. The first-order valence-electron chi connectivity index (χ1n) is 12.8. The van der Waals surface area contributed by atoms with Crippen molar-refractivity contribution in [2.45, 2.75) is 45.1 Å². The van der Waals surface area contributed by atoms with Gasteiger partial charge in [0.25, 0.3) is 0 Å². The molecule has 0 spiro atoms. The Morgan fingerprint density at radius 2 is 1.18 bits per heavy atom. The Balaban J connectivity index is 0.000000416. The summed E-state index contributed by atoms with van der Waals surface area (Å²) in [5.41, 5.74) is 3.19. The first-order valence-corrected chi connectivity index (χ1v) is 12.8. The van der Waals surface area contributed by atoms with Crippen molar-refractivity contribution in [2.24, 2.45) is 0 Å². The second kappa shape index (κ2) is 18.9. The summed E-state index contributed by atoms with van der Waals surface area (Å²) >= 11 is 0. The van der Waals surface area contributed by atoms with Crippen molar-refractivity contribution < 1.29 is 28.9 Å². The molecule has 0 saturated carbocycles. The van der Waals surface area contributed by atoms with E-state index < -0.39 is 0 Å². The van der Waals surface area contributed by atoms with Gasteiger partial charge in [-0.2, -0.15) is 0 Å². The van der Waals surface area contributed by atoms with E-state index in [1.807, 2.05) is 105 Å². The fourth-order valence-corrected chi connectivity index (χ4v) is 3.86. The Morgan fingerprint density at radius 3 is 1.60 bits per heavy atom. The zero-order valence-electron chi connectivity index (χ0n) is 23.7. The maximum atomic E-state index is 11.5. The van der Waals surface area contributed by atoms with E-state index in [1.54, 1.807) is 12.1 Å². The number of benzene rings is 3. The van der Waals surface area contributed by atoms with Crippen LogP contribution in [-0.4, -0.2) is 39.7 Å². The molecular weight excluding hydrogens is 503 g/mol. The summed E-state index contributed by atoms with van der Waals surface area (Å²) in [6, 6.07) is 24.8. The van der Waals surface area contributed by atoms with E-state index in [1.165, 1.54) is 14.2 Å². The molecule has 3 aromatic rings. The molecule has 0 amide bonds. The average molecular weight is 541 g/mol. The minimum Gasteiger partial charge on any atom is -0.508 e. The highest BCUT2D eigenvalue weighted by molar-refractivity contribution is 5.75. The number of carbonyl (C=O) groups is 2. The SMILES string of the molecule is C/C=C\[C@H](CC(=O)OC)c1ccc(O)cc1.C/C=C\[C@H](CC(=O)OC)c1ccc(OCc2ccccc2)cc1.[B]. The van der Waals surface area contributed by atoms with Crippen LogP contribution in [-0.2, 0) is 25.7 Å². The van der Waals surface area contributed by atoms with E-state index in [2.05, 4.69) is 4.74 Å². The fraction of sp³-hybridized carbons (Fsp3) is 0.273. The molecule has 0 aliphatic carbocycles. The molecule has 0 aliphatic rings. The second-order valence-electron chi connectivity index (χ2n) is 8.76. The molecule has 0 saturated heterocycles. The summed E-state index contributed by atoms with van der Waals surface area (Å²) in [4.78, 5) is 22.7. The summed E-state index contributed by atoms with van der Waals surface area (Å²) in [5.74, 6) is 0.610. The van der Waals surface area contributed by atoms with Gasteiger partial charge in [-0.25, -0.2) is 0 Å². The van der Waals surface area contributed by atoms with Crippen molar-refractivity contribution in [3.05, 3.63) is 120 Å². The van der Waals surface area contributed by atoms with E-state index in [0.29, 0.717) is 19.4 Å². The van der Waals surface area contributed by atoms with Gasteiger partial charge < -0.3 is 19.3 Å². The van der Waals surface area contributed by atoms with Gasteiger partial charge in [0.1, 0.15) is 18.1 Å². The van der Waals surface area contributed by atoms with Crippen molar-refractivity contribution in [3.8, 4) is 11.5 Å². The van der Waals surface area contributed by atoms with Crippen molar-refractivity contribution in [3.63, 3.8) is 0 Å². The lowest BCUT2D eigenvalue weighted by atomic mass is 9.95. The standard InChI is InChI=1S/C20H22O3.C13H16O3.B/c1-3-7-18(14-20(21)22-2)17-10-12-19(13-11-17)23-15-16-8-5-4-6-9-16;1-3-4-11(9-13(15)16-2)10-5-7-12(14)8-6-10;/h3-13,18H,14-15H2,1-2H3;3-8,11,14H,9H2,1-2H3;/b7-3-;4-3-;/t18-;11-;/m11./s1. The fourth-order valence-electron chi connectivity index (χ4n) is 3.86. The number of phenols is 1. The van der Waals surface area contributed by atoms with E-state index >= 15 is 0 Å². The third-order valence-electron chi connectivity index (χ3n) is 5.96. The van der Waals surface area contributed by atoms with Crippen LogP contribution in [0.1, 0.15) is 55.2 Å². The van der Waals surface area contributed by atoms with Gasteiger partial charge in [-0.3, -0.25) is 9.59 Å². The van der Waals surface area contributed by atoms with Gasteiger partial charge >= 0.3 is 11.9 Å². The van der Waals surface area contributed by atoms with Crippen LogP contribution in [0.5, 0.6) is 11.5 Å². The predicted octanol–water partition coefficient (Wildman–Crippen LogP) is 6.72. The lowest BCUT2D eigenvalue weighted by Crippen LogP contribution is -2.07. The maximum absolute atomic E-state index is 11.5. The average Bonchev–Trinajstić information content (AvgIpc) is 2.97. The molecule has 6 nitrogen and oxygen atoms in total. The summed E-state index contributed by atoms with van der Waals surface area (Å²) in [6.07, 6.45) is 8.46. The highest BCUT2D eigenvalue weighted by atomic mass is 16.5. The number of rotatable bonds is 11. The molecule has 0 aromatic heterocycles. The zero-order chi connectivity index (χ0) is 28.5. The molecule has 3 rings (SSSR count). The van der Waals surface area contributed by atoms with Crippen LogP contribution in [0.2, 0.25) is 0 Å². The molecule has 209 valence electrons. The number of ether oxygens (including phenoxy) is 3. The van der Waals surface area contributed by atoms with E-state index in [-0.39, 0.29) is 37.9 Å². The van der Waals surface area contributed by atoms with Crippen LogP contribution in [0.15, 0.2) is 103 Å². The Hall–Kier alpha value is -4.26. The number of allylic oxidation sites excluding steroid dienone is 4. The number of methoxy groups -OCH3 is 2. The van der Waals surface area contributed by atoms with Crippen LogP contribution in [0.3, 0.4) is 0 Å². The van der Waals surface area contributed by atoms with Crippen molar-refractivity contribution >= 4 is 20.4 Å². The van der Waals surface area contributed by atoms with Crippen molar-refractivity contribution in [2.75, 3.05) is 14.2 Å². The maximum Gasteiger partial charge on any atom is 0.306 e. The third-order valence-corrected chi connectivity index (χ3v) is 5.96. The first kappa shape index (κ1) is 33.8. The van der Waals surface area contributed by atoms with E-state index in [9.17, 15) is 14.7 Å². The van der Waals surface area contributed by atoms with Gasteiger partial charge in [-0.05, 0) is 54.8 Å². The summed E-state index contributed by atoms with van der Waals surface area (Å²) in [6.45, 7) is 4.40. The van der Waals surface area contributed by atoms with E-state index in [4.69, 9.17) is 9.47 Å². The van der Waals surface area contributed by atoms with Crippen molar-refractivity contribution in [1.29, 1.82) is 0 Å². The van der Waals surface area contributed by atoms with Crippen LogP contribution >= 0.6 is 0 Å². The minimum absolute atomic E-state index is 0. The van der Waals surface area contributed by atoms with Crippen LogP contribution < -0.4 is 4.74 Å². The molecule has 2 atom stereocenters. The van der Waals surface area contributed by atoms with Gasteiger partial charge in [0.05, 0.1) is 27.1 Å². The van der Waals surface area contributed by atoms with Gasteiger partial charge in [-0.15, -0.1) is 0 Å². The normalized spacial score (nSPS) is 12.0. The summed E-state index contributed by atoms with van der Waals surface area (Å²) in [7, 11) is 2.79. The van der Waals surface area contributed by atoms with Crippen molar-refractivity contribution in [1.82, 2.24) is 0 Å². The molecule has 0 bridgehead atoms. The quantitative estimate of drug-likeness (QED) is 0.165. The lowest BCUT2D eigenvalue weighted by molar-refractivity contribution is -0.141. The largest absolute Gasteiger partial charge is 0.508 e. The number of hydrogen-bond acceptors (Lipinski definition) is 6. The minimum atomic E-state index is -0.240. The summed E-state index contributed by atoms with van der Waals surface area (Å²) in [5, 5.41) is 9.19. The van der Waals surface area contributed by atoms with Crippen LogP contribution in [0.25, 0.3) is 0 Å². The number of hydrogen-bond donors (Lipinski definition) is 1. The highest BCUT2D eigenvalue weighted by Crippen LogP contribution is 2.25. The molecule has 40 heavy (non-hydrogen) atoms. The van der Waals surface area contributed by atoms with Crippen LogP contribution in [0, 0.1) is 0 Å². The topological polar surface area (TPSA) is 82.1 Å². The molecule has 1 N–H and O–H groups in total. The molecule has 3 radical (unpaired) electrons.